The van der Waals surface area contributed by atoms with Crippen LogP contribution in [0.5, 0.6) is 11.5 Å². The molecule has 0 fully saturated rings. The van der Waals surface area contributed by atoms with Crippen molar-refractivity contribution in [1.82, 2.24) is 0 Å². The smallest absolute Gasteiger partial charge is 0.211 e. The first-order chi connectivity index (χ1) is 14.2. The normalized spacial score (nSPS) is 17.2. The number of halogens is 1. The molecule has 1 unspecified atom stereocenters. The van der Waals surface area contributed by atoms with Crippen LogP contribution in [0.25, 0.3) is 0 Å². The van der Waals surface area contributed by atoms with Gasteiger partial charge in [-0.3, -0.25) is 0 Å². The van der Waals surface area contributed by atoms with E-state index in [1.165, 1.54) is 36.4 Å². The third-order valence-corrected chi connectivity index (χ3v) is 9.78. The zero-order chi connectivity index (χ0) is 21.7. The fraction of sp³-hybridized carbons (Fsp3) is 0.182. The Balaban J connectivity index is 2.17. The maximum atomic E-state index is 13.7. The fourth-order valence-electron chi connectivity index (χ4n) is 3.44. The number of fused-ring (bicyclic) bond motifs is 3. The Hall–Kier alpha value is -2.16. The Labute approximate surface area is 184 Å². The van der Waals surface area contributed by atoms with Crippen LogP contribution in [0.3, 0.4) is 0 Å². The molecule has 3 aromatic carbocycles. The van der Waals surface area contributed by atoms with E-state index in [1.54, 1.807) is 24.3 Å². The van der Waals surface area contributed by atoms with E-state index >= 15 is 0 Å². The van der Waals surface area contributed by atoms with Gasteiger partial charge in [0.15, 0.2) is 0 Å². The molecule has 1 aliphatic rings. The maximum Gasteiger partial charge on any atom is 0.211 e. The summed E-state index contributed by atoms with van der Waals surface area (Å²) in [5, 5.41) is 0. The average Bonchev–Trinajstić information content (AvgIpc) is 2.74. The van der Waals surface area contributed by atoms with E-state index in [0.717, 1.165) is 12.0 Å². The summed E-state index contributed by atoms with van der Waals surface area (Å²) in [5.74, 6) is 0.251. The molecule has 0 aliphatic carbocycles. The van der Waals surface area contributed by atoms with Gasteiger partial charge in [0.25, 0.3) is 0 Å². The molecule has 0 saturated carbocycles. The second-order valence-electron chi connectivity index (χ2n) is 7.13. The van der Waals surface area contributed by atoms with Gasteiger partial charge in [0.05, 0.1) is 9.79 Å². The van der Waals surface area contributed by atoms with Crippen LogP contribution in [0.1, 0.15) is 31.7 Å². The molecule has 1 heterocycles. The number of rotatable bonds is 2. The molecule has 30 heavy (non-hydrogen) atoms. The Morgan fingerprint density at radius 1 is 0.800 bits per heavy atom. The second-order valence-corrected chi connectivity index (χ2v) is 11.8. The summed E-state index contributed by atoms with van der Waals surface area (Å²) in [6, 6.07) is 15.0. The molecule has 0 saturated heterocycles. The molecule has 0 amide bonds. The summed E-state index contributed by atoms with van der Waals surface area (Å²) in [7, 11) is -8.31. The minimum Gasteiger partial charge on any atom is -0.455 e. The predicted molar refractivity (Wildman–Crippen MR) is 117 cm³/mol. The fourth-order valence-corrected chi connectivity index (χ4v) is 7.75. The number of benzene rings is 3. The van der Waals surface area contributed by atoms with Gasteiger partial charge in [0, 0.05) is 4.47 Å². The first-order valence-electron chi connectivity index (χ1n) is 9.37. The van der Waals surface area contributed by atoms with Crippen LogP contribution in [0.2, 0.25) is 0 Å². The number of hydrogen-bond acceptors (Lipinski definition) is 5. The molecule has 8 heteroatoms. The highest BCUT2D eigenvalue weighted by Crippen LogP contribution is 2.44. The summed E-state index contributed by atoms with van der Waals surface area (Å²) in [6.45, 7) is 4.02. The van der Waals surface area contributed by atoms with Crippen molar-refractivity contribution in [3.05, 3.63) is 70.7 Å². The van der Waals surface area contributed by atoms with Gasteiger partial charge >= 0.3 is 0 Å². The first-order valence-corrected chi connectivity index (χ1v) is 13.1. The van der Waals surface area contributed by atoms with E-state index in [0.29, 0.717) is 4.47 Å². The second kappa shape index (κ2) is 7.51. The Bertz CT molecular complexity index is 1360. The van der Waals surface area contributed by atoms with Crippen molar-refractivity contribution >= 4 is 35.6 Å². The third kappa shape index (κ3) is 3.27. The van der Waals surface area contributed by atoms with Gasteiger partial charge in [-0.2, -0.15) is 0 Å². The monoisotopic (exact) mass is 506 g/mol. The van der Waals surface area contributed by atoms with Crippen LogP contribution in [-0.2, 0) is 19.7 Å². The zero-order valence-electron chi connectivity index (χ0n) is 16.3. The number of ether oxygens (including phenoxy) is 1. The topological polar surface area (TPSA) is 77.5 Å². The largest absolute Gasteiger partial charge is 0.455 e. The number of hydrogen-bond donors (Lipinski definition) is 0. The van der Waals surface area contributed by atoms with E-state index in [2.05, 4.69) is 15.9 Å². The molecule has 3 aromatic rings. The molecule has 156 valence electrons. The van der Waals surface area contributed by atoms with E-state index < -0.39 is 19.7 Å². The van der Waals surface area contributed by atoms with Gasteiger partial charge in [-0.15, -0.1) is 0 Å². The highest BCUT2D eigenvalue weighted by atomic mass is 79.9. The molecule has 0 N–H and O–H groups in total. The van der Waals surface area contributed by atoms with Crippen molar-refractivity contribution in [1.29, 1.82) is 0 Å². The lowest BCUT2D eigenvalue weighted by Crippen LogP contribution is -2.10. The van der Waals surface area contributed by atoms with Crippen molar-refractivity contribution in [2.45, 2.75) is 45.8 Å². The van der Waals surface area contributed by atoms with Crippen molar-refractivity contribution < 1.29 is 21.6 Å². The Kier molecular flexibility index (Phi) is 5.28. The van der Waals surface area contributed by atoms with Crippen LogP contribution in [0.15, 0.2) is 84.7 Å². The van der Waals surface area contributed by atoms with Crippen LogP contribution in [0.4, 0.5) is 0 Å². The van der Waals surface area contributed by atoms with E-state index in [-0.39, 0.29) is 37.0 Å². The lowest BCUT2D eigenvalue weighted by molar-refractivity contribution is 0.453. The van der Waals surface area contributed by atoms with Crippen molar-refractivity contribution in [2.24, 2.45) is 0 Å². The van der Waals surface area contributed by atoms with Crippen molar-refractivity contribution in [2.75, 3.05) is 0 Å². The summed E-state index contributed by atoms with van der Waals surface area (Å²) in [6.07, 6.45) is 0.812. The molecule has 0 radical (unpaired) electrons. The number of para-hydroxylation sites is 1. The van der Waals surface area contributed by atoms with Gasteiger partial charge in [-0.1, -0.05) is 54.0 Å². The van der Waals surface area contributed by atoms with Crippen LogP contribution in [-0.4, -0.2) is 16.8 Å². The molecule has 1 aliphatic heterocycles. The standard InChI is InChI=1S/C22H19BrO5S2/c1-3-14(2)15-12-22-18(13-16(15)23)28-17-8-4-5-9-19(17)29(24,25)20-10-6-7-11-21(20)30(22,26)27/h4-14H,3H2,1-2H3. The molecule has 0 spiro atoms. The van der Waals surface area contributed by atoms with Gasteiger partial charge < -0.3 is 4.74 Å². The molecule has 5 nitrogen and oxygen atoms in total. The van der Waals surface area contributed by atoms with Crippen LogP contribution < -0.4 is 4.74 Å². The van der Waals surface area contributed by atoms with Crippen LogP contribution in [0, 0.1) is 0 Å². The van der Waals surface area contributed by atoms with E-state index in [9.17, 15) is 16.8 Å². The summed E-state index contributed by atoms with van der Waals surface area (Å²) >= 11 is 3.52. The molecular formula is C22H19BrO5S2. The predicted octanol–water partition coefficient (Wildman–Crippen LogP) is 5.73. The van der Waals surface area contributed by atoms with Gasteiger partial charge in [0.1, 0.15) is 21.3 Å². The maximum absolute atomic E-state index is 13.7. The average molecular weight is 507 g/mol. The zero-order valence-corrected chi connectivity index (χ0v) is 19.5. The van der Waals surface area contributed by atoms with E-state index in [4.69, 9.17) is 4.74 Å². The minimum atomic E-state index is -4.18. The summed E-state index contributed by atoms with van der Waals surface area (Å²) < 4.78 is 60.8. The van der Waals surface area contributed by atoms with Gasteiger partial charge in [-0.05, 0) is 54.3 Å². The third-order valence-electron chi connectivity index (χ3n) is 5.28. The minimum absolute atomic E-state index is 0.0552. The molecule has 0 aromatic heterocycles. The quantitative estimate of drug-likeness (QED) is 0.346. The SMILES string of the molecule is CCC(C)c1cc2c(cc1Br)Oc1ccccc1S(=O)(=O)c1ccccc1S2(=O)=O. The lowest BCUT2D eigenvalue weighted by atomic mass is 9.99. The Morgan fingerprint density at radius 3 is 1.93 bits per heavy atom. The number of sulfone groups is 2. The van der Waals surface area contributed by atoms with Gasteiger partial charge in [-0.25, -0.2) is 16.8 Å². The highest BCUT2D eigenvalue weighted by Gasteiger charge is 2.35. The molecule has 4 rings (SSSR count). The van der Waals surface area contributed by atoms with Crippen molar-refractivity contribution in [3.8, 4) is 11.5 Å². The van der Waals surface area contributed by atoms with Crippen molar-refractivity contribution in [3.63, 3.8) is 0 Å². The van der Waals surface area contributed by atoms with Crippen LogP contribution >= 0.6 is 15.9 Å². The van der Waals surface area contributed by atoms with Gasteiger partial charge in [0.2, 0.25) is 19.7 Å². The Morgan fingerprint density at radius 2 is 1.33 bits per heavy atom. The summed E-state index contributed by atoms with van der Waals surface area (Å²) in [5.41, 5.74) is 0.816. The molecular weight excluding hydrogens is 488 g/mol. The first kappa shape index (κ1) is 21.1. The molecule has 0 bridgehead atoms. The van der Waals surface area contributed by atoms with E-state index in [1.807, 2.05) is 13.8 Å². The highest BCUT2D eigenvalue weighted by molar-refractivity contribution is 9.10. The summed E-state index contributed by atoms with van der Waals surface area (Å²) in [4.78, 5) is -0.658. The lowest BCUT2D eigenvalue weighted by Gasteiger charge is -2.17. The molecule has 1 atom stereocenters.